The Morgan fingerprint density at radius 1 is 1.42 bits per heavy atom. The van der Waals surface area contributed by atoms with Crippen molar-refractivity contribution in [3.63, 3.8) is 0 Å². The van der Waals surface area contributed by atoms with Crippen LogP contribution in [0.1, 0.15) is 30.9 Å². The number of halogens is 1. The minimum Gasteiger partial charge on any atom is -0.341 e. The van der Waals surface area contributed by atoms with Crippen molar-refractivity contribution in [2.24, 2.45) is 0 Å². The summed E-state index contributed by atoms with van der Waals surface area (Å²) in [5.74, 6) is 0.195. The highest BCUT2D eigenvalue weighted by Gasteiger charge is 2.22. The van der Waals surface area contributed by atoms with Crippen molar-refractivity contribution in [3.05, 3.63) is 34.3 Å². The van der Waals surface area contributed by atoms with Crippen LogP contribution in [0.4, 0.5) is 0 Å². The van der Waals surface area contributed by atoms with Gasteiger partial charge in [-0.05, 0) is 43.9 Å². The number of likely N-dealkylation sites (tertiary alicyclic amines) is 1. The lowest BCUT2D eigenvalue weighted by Crippen LogP contribution is -2.43. The summed E-state index contributed by atoms with van der Waals surface area (Å²) in [6, 6.07) is 5.84. The van der Waals surface area contributed by atoms with E-state index in [0.29, 0.717) is 6.54 Å². The molecule has 3 nitrogen and oxygen atoms in total. The molecule has 104 valence electrons. The third-order valence-electron chi connectivity index (χ3n) is 3.60. The Morgan fingerprint density at radius 2 is 2.11 bits per heavy atom. The topological polar surface area (TPSA) is 32.3 Å². The van der Waals surface area contributed by atoms with Crippen molar-refractivity contribution in [3.8, 4) is 0 Å². The summed E-state index contributed by atoms with van der Waals surface area (Å²) in [5, 5.41) is 4.02. The number of aryl methyl sites for hydroxylation is 1. The first kappa shape index (κ1) is 14.4. The van der Waals surface area contributed by atoms with Gasteiger partial charge in [-0.3, -0.25) is 4.79 Å². The maximum absolute atomic E-state index is 12.1. The van der Waals surface area contributed by atoms with Crippen molar-refractivity contribution in [2.75, 3.05) is 13.1 Å². The Balaban J connectivity index is 1.88. The minimum absolute atomic E-state index is 0.157. The Bertz CT molecular complexity index is 455. The summed E-state index contributed by atoms with van der Waals surface area (Å²) in [6.45, 7) is 6.36. The van der Waals surface area contributed by atoms with E-state index in [4.69, 9.17) is 11.6 Å². The number of amides is 1. The second kappa shape index (κ2) is 6.40. The molecule has 1 saturated heterocycles. The summed E-state index contributed by atoms with van der Waals surface area (Å²) < 4.78 is 0. The zero-order chi connectivity index (χ0) is 13.8. The number of carbonyl (C=O) groups excluding carboxylic acids is 1. The van der Waals surface area contributed by atoms with Crippen molar-refractivity contribution >= 4 is 17.5 Å². The number of hydrogen-bond donors (Lipinski definition) is 1. The summed E-state index contributed by atoms with van der Waals surface area (Å²) in [6.07, 6.45) is 2.25. The fourth-order valence-corrected chi connectivity index (χ4v) is 2.66. The van der Waals surface area contributed by atoms with Crippen molar-refractivity contribution in [1.29, 1.82) is 0 Å². The average molecular weight is 281 g/mol. The first-order valence-corrected chi connectivity index (χ1v) is 7.23. The van der Waals surface area contributed by atoms with Gasteiger partial charge < -0.3 is 10.2 Å². The number of nitrogens with zero attached hydrogens (tertiary/aromatic N) is 1. The fourth-order valence-electron chi connectivity index (χ4n) is 2.36. The second-order valence-electron chi connectivity index (χ2n) is 5.23. The lowest BCUT2D eigenvalue weighted by molar-refractivity contribution is -0.131. The molecule has 1 atom stereocenters. The molecule has 0 aliphatic carbocycles. The number of rotatable bonds is 4. The Labute approximate surface area is 119 Å². The van der Waals surface area contributed by atoms with E-state index in [1.165, 1.54) is 0 Å². The summed E-state index contributed by atoms with van der Waals surface area (Å²) in [5.41, 5.74) is 2.18. The summed E-state index contributed by atoms with van der Waals surface area (Å²) in [4.78, 5) is 14.1. The van der Waals surface area contributed by atoms with E-state index >= 15 is 0 Å². The third kappa shape index (κ3) is 3.71. The predicted octanol–water partition coefficient (Wildman–Crippen LogP) is 2.75. The highest BCUT2D eigenvalue weighted by atomic mass is 35.5. The first-order chi connectivity index (χ1) is 9.08. The Kier molecular flexibility index (Phi) is 4.83. The molecule has 0 bridgehead atoms. The number of hydrogen-bond acceptors (Lipinski definition) is 2. The Morgan fingerprint density at radius 3 is 2.74 bits per heavy atom. The molecule has 1 N–H and O–H groups in total. The van der Waals surface area contributed by atoms with E-state index in [0.717, 1.165) is 42.1 Å². The fraction of sp³-hybridized carbons (Fsp3) is 0.533. The van der Waals surface area contributed by atoms with Gasteiger partial charge in [-0.25, -0.2) is 0 Å². The van der Waals surface area contributed by atoms with Gasteiger partial charge in [-0.2, -0.15) is 0 Å². The van der Waals surface area contributed by atoms with Crippen LogP contribution in [0.2, 0.25) is 5.02 Å². The van der Waals surface area contributed by atoms with Gasteiger partial charge >= 0.3 is 0 Å². The van der Waals surface area contributed by atoms with E-state index in [2.05, 4.69) is 5.32 Å². The average Bonchev–Trinajstić information content (AvgIpc) is 2.90. The third-order valence-corrected chi connectivity index (χ3v) is 3.95. The van der Waals surface area contributed by atoms with Crippen LogP contribution in [0, 0.1) is 6.92 Å². The van der Waals surface area contributed by atoms with Gasteiger partial charge in [0.05, 0.1) is 6.04 Å². The molecule has 1 aromatic rings. The van der Waals surface area contributed by atoms with Crippen LogP contribution in [0.15, 0.2) is 18.2 Å². The molecule has 1 aliphatic heterocycles. The summed E-state index contributed by atoms with van der Waals surface area (Å²) >= 11 is 6.18. The van der Waals surface area contributed by atoms with Crippen LogP contribution in [0.3, 0.4) is 0 Å². The molecular formula is C15H21ClN2O. The van der Waals surface area contributed by atoms with Gasteiger partial charge in [0.1, 0.15) is 0 Å². The zero-order valence-electron chi connectivity index (χ0n) is 11.6. The van der Waals surface area contributed by atoms with Crippen LogP contribution in [0.25, 0.3) is 0 Å². The smallest absolute Gasteiger partial charge is 0.239 e. The standard InChI is InChI=1S/C15H21ClN2O/c1-11-5-6-13(14(16)9-11)10-17-12(2)15(19)18-7-3-4-8-18/h5-6,9,12,17H,3-4,7-8,10H2,1-2H3. The monoisotopic (exact) mass is 280 g/mol. The number of carbonyl (C=O) groups is 1. The maximum Gasteiger partial charge on any atom is 0.239 e. The molecule has 1 unspecified atom stereocenters. The molecule has 1 aromatic carbocycles. The zero-order valence-corrected chi connectivity index (χ0v) is 12.3. The molecular weight excluding hydrogens is 260 g/mol. The largest absolute Gasteiger partial charge is 0.341 e. The van der Waals surface area contributed by atoms with Gasteiger partial charge in [0.2, 0.25) is 5.91 Å². The molecule has 0 spiro atoms. The summed E-state index contributed by atoms with van der Waals surface area (Å²) in [7, 11) is 0. The van der Waals surface area contributed by atoms with Gasteiger partial charge in [0, 0.05) is 24.7 Å². The van der Waals surface area contributed by atoms with Gasteiger partial charge in [-0.1, -0.05) is 23.7 Å². The quantitative estimate of drug-likeness (QED) is 0.920. The van der Waals surface area contributed by atoms with Gasteiger partial charge in [0.15, 0.2) is 0 Å². The molecule has 1 aliphatic rings. The van der Waals surface area contributed by atoms with Crippen LogP contribution in [0.5, 0.6) is 0 Å². The Hall–Kier alpha value is -1.06. The highest BCUT2D eigenvalue weighted by molar-refractivity contribution is 6.31. The molecule has 1 heterocycles. The normalized spacial score (nSPS) is 16.7. The van der Waals surface area contributed by atoms with E-state index < -0.39 is 0 Å². The van der Waals surface area contributed by atoms with E-state index in [1.807, 2.05) is 36.9 Å². The van der Waals surface area contributed by atoms with Crippen LogP contribution in [-0.4, -0.2) is 29.9 Å². The van der Waals surface area contributed by atoms with E-state index in [1.54, 1.807) is 0 Å². The molecule has 0 saturated carbocycles. The molecule has 4 heteroatoms. The van der Waals surface area contributed by atoms with Crippen molar-refractivity contribution in [1.82, 2.24) is 10.2 Å². The SMILES string of the molecule is Cc1ccc(CNC(C)C(=O)N2CCCC2)c(Cl)c1. The van der Waals surface area contributed by atoms with E-state index in [9.17, 15) is 4.79 Å². The highest BCUT2D eigenvalue weighted by Crippen LogP contribution is 2.17. The maximum atomic E-state index is 12.1. The second-order valence-corrected chi connectivity index (χ2v) is 5.64. The number of nitrogens with one attached hydrogen (secondary N) is 1. The molecule has 0 radical (unpaired) electrons. The molecule has 2 rings (SSSR count). The van der Waals surface area contributed by atoms with Crippen LogP contribution < -0.4 is 5.32 Å². The lowest BCUT2D eigenvalue weighted by atomic mass is 10.1. The van der Waals surface area contributed by atoms with Crippen LogP contribution >= 0.6 is 11.6 Å². The van der Waals surface area contributed by atoms with Gasteiger partial charge in [-0.15, -0.1) is 0 Å². The lowest BCUT2D eigenvalue weighted by Gasteiger charge is -2.21. The van der Waals surface area contributed by atoms with Crippen molar-refractivity contribution in [2.45, 2.75) is 39.3 Å². The van der Waals surface area contributed by atoms with Crippen LogP contribution in [-0.2, 0) is 11.3 Å². The predicted molar refractivity (Wildman–Crippen MR) is 78.3 cm³/mol. The molecule has 19 heavy (non-hydrogen) atoms. The minimum atomic E-state index is -0.157. The molecule has 1 amide bonds. The molecule has 1 fully saturated rings. The first-order valence-electron chi connectivity index (χ1n) is 6.85. The van der Waals surface area contributed by atoms with Crippen molar-refractivity contribution < 1.29 is 4.79 Å². The van der Waals surface area contributed by atoms with Gasteiger partial charge in [0.25, 0.3) is 0 Å². The van der Waals surface area contributed by atoms with E-state index in [-0.39, 0.29) is 11.9 Å². The molecule has 0 aromatic heterocycles. The number of benzene rings is 1.